The fraction of sp³-hybridized carbons (Fsp3) is 0.519. The van der Waals surface area contributed by atoms with Gasteiger partial charge in [0.05, 0.1) is 6.42 Å². The third-order valence-electron chi connectivity index (χ3n) is 7.58. The lowest BCUT2D eigenvalue weighted by Crippen LogP contribution is -2.43. The zero-order chi connectivity index (χ0) is 25.7. The fourth-order valence-electron chi connectivity index (χ4n) is 3.31. The van der Waals surface area contributed by atoms with Crippen molar-refractivity contribution in [2.45, 2.75) is 90.3 Å². The summed E-state index contributed by atoms with van der Waals surface area (Å²) in [6.45, 7) is 21.8. The van der Waals surface area contributed by atoms with Crippen LogP contribution in [0.25, 0.3) is 0 Å². The van der Waals surface area contributed by atoms with Gasteiger partial charge in [0.2, 0.25) is 16.6 Å². The van der Waals surface area contributed by atoms with Crippen LogP contribution in [0.1, 0.15) is 70.0 Å². The van der Waals surface area contributed by atoms with Crippen LogP contribution in [0.4, 0.5) is 0 Å². The first kappa shape index (κ1) is 26.4. The van der Waals surface area contributed by atoms with Crippen molar-refractivity contribution in [1.82, 2.24) is 0 Å². The van der Waals surface area contributed by atoms with E-state index in [0.29, 0.717) is 11.5 Å². The molecule has 0 bridgehead atoms. The Bertz CT molecular complexity index is 1060. The first-order chi connectivity index (χ1) is 15.4. The lowest BCUT2D eigenvalue weighted by atomic mass is 9.95. The molecule has 0 spiro atoms. The number of carbonyl (C=O) groups excluding carboxylic acids is 1. The number of phenols is 1. The van der Waals surface area contributed by atoms with Crippen molar-refractivity contribution in [2.75, 3.05) is 0 Å². The van der Waals surface area contributed by atoms with Crippen molar-refractivity contribution >= 4 is 22.4 Å². The molecule has 186 valence electrons. The monoisotopic (exact) mass is 500 g/mol. The van der Waals surface area contributed by atoms with Gasteiger partial charge in [0.15, 0.2) is 5.78 Å². The Labute approximate surface area is 206 Å². The zero-order valence-electron chi connectivity index (χ0n) is 22.3. The molecular formula is C27H40O5Si2. The maximum Gasteiger partial charge on any atom is 0.250 e. The SMILES string of the molecule is CC(C)(C)[Si](C)(C)Oc1ccc([C@@H]2CC(=O)c3c(O)cc(O[Si](C)(C)C(C)(C)C)cc3O2)cc1. The predicted octanol–water partition coefficient (Wildman–Crippen LogP) is 7.87. The van der Waals surface area contributed by atoms with E-state index in [4.69, 9.17) is 13.6 Å². The zero-order valence-corrected chi connectivity index (χ0v) is 24.3. The number of carbonyl (C=O) groups is 1. The molecule has 2 aromatic rings. The van der Waals surface area contributed by atoms with E-state index in [1.807, 2.05) is 24.3 Å². The molecule has 5 nitrogen and oxygen atoms in total. The number of rotatable bonds is 5. The molecule has 0 saturated heterocycles. The Morgan fingerprint density at radius 2 is 1.35 bits per heavy atom. The fourth-order valence-corrected chi connectivity index (χ4v) is 5.35. The van der Waals surface area contributed by atoms with Gasteiger partial charge in [0, 0.05) is 12.1 Å². The van der Waals surface area contributed by atoms with E-state index in [1.165, 1.54) is 6.07 Å². The third kappa shape index (κ3) is 5.35. The molecule has 0 aliphatic carbocycles. The summed E-state index contributed by atoms with van der Waals surface area (Å²) >= 11 is 0. The molecule has 7 heteroatoms. The van der Waals surface area contributed by atoms with Crippen LogP contribution < -0.4 is 13.6 Å². The number of aromatic hydroxyl groups is 1. The number of ether oxygens (including phenoxy) is 1. The molecule has 0 saturated carbocycles. The van der Waals surface area contributed by atoms with Crippen molar-refractivity contribution in [3.8, 4) is 23.0 Å². The maximum atomic E-state index is 12.9. The minimum atomic E-state index is -2.11. The van der Waals surface area contributed by atoms with Crippen LogP contribution in [0.3, 0.4) is 0 Å². The van der Waals surface area contributed by atoms with Gasteiger partial charge < -0.3 is 18.7 Å². The molecule has 1 aliphatic rings. The van der Waals surface area contributed by atoms with Gasteiger partial charge in [-0.3, -0.25) is 4.79 Å². The topological polar surface area (TPSA) is 65.0 Å². The summed E-state index contributed by atoms with van der Waals surface area (Å²) in [4.78, 5) is 12.9. The van der Waals surface area contributed by atoms with Gasteiger partial charge in [-0.1, -0.05) is 53.7 Å². The summed E-state index contributed by atoms with van der Waals surface area (Å²) in [6.07, 6.45) is -0.254. The van der Waals surface area contributed by atoms with Gasteiger partial charge in [0.1, 0.15) is 34.7 Å². The second-order valence-corrected chi connectivity index (χ2v) is 21.8. The van der Waals surface area contributed by atoms with Crippen LogP contribution in [-0.2, 0) is 0 Å². The molecule has 3 rings (SSSR count). The summed E-state index contributed by atoms with van der Waals surface area (Å²) < 4.78 is 19.0. The van der Waals surface area contributed by atoms with E-state index in [0.717, 1.165) is 11.3 Å². The largest absolute Gasteiger partial charge is 0.544 e. The molecule has 1 N–H and O–H groups in total. The highest BCUT2D eigenvalue weighted by atomic mass is 28.4. The number of Topliss-reactive ketones (excluding diaryl/α,β-unsaturated/α-hetero) is 1. The first-order valence-corrected chi connectivity index (χ1v) is 17.8. The molecule has 1 atom stereocenters. The first-order valence-electron chi connectivity index (χ1n) is 12.0. The summed E-state index contributed by atoms with van der Waals surface area (Å²) in [6, 6.07) is 11.1. The van der Waals surface area contributed by atoms with E-state index < -0.39 is 22.7 Å². The quantitative estimate of drug-likeness (QED) is 0.423. The van der Waals surface area contributed by atoms with Crippen molar-refractivity contribution in [3.63, 3.8) is 0 Å². The highest BCUT2D eigenvalue weighted by molar-refractivity contribution is 6.75. The average molecular weight is 501 g/mol. The smallest absolute Gasteiger partial charge is 0.250 e. The van der Waals surface area contributed by atoms with E-state index in [1.54, 1.807) is 6.07 Å². The number of fused-ring (bicyclic) bond motifs is 1. The lowest BCUT2D eigenvalue weighted by Gasteiger charge is -2.37. The average Bonchev–Trinajstić information content (AvgIpc) is 2.65. The number of hydrogen-bond donors (Lipinski definition) is 1. The molecule has 1 heterocycles. The molecule has 0 amide bonds. The van der Waals surface area contributed by atoms with Crippen LogP contribution in [0.5, 0.6) is 23.0 Å². The Balaban J connectivity index is 1.84. The predicted molar refractivity (Wildman–Crippen MR) is 143 cm³/mol. The molecular weight excluding hydrogens is 460 g/mol. The van der Waals surface area contributed by atoms with Crippen LogP contribution in [0.15, 0.2) is 36.4 Å². The standard InChI is InChI=1S/C27H40O5Si2/c1-26(2,3)33(7,8)31-19-13-11-18(12-14-19)23-17-22(29)25-21(28)15-20(16-24(25)30-23)32-34(9,10)27(4,5)6/h11-16,23,28H,17H2,1-10H3/t23-/m0/s1. The van der Waals surface area contributed by atoms with Gasteiger partial charge in [-0.2, -0.15) is 0 Å². The van der Waals surface area contributed by atoms with Crippen molar-refractivity contribution in [1.29, 1.82) is 0 Å². The summed E-state index contributed by atoms with van der Waals surface area (Å²) in [5, 5.41) is 10.7. The summed E-state index contributed by atoms with van der Waals surface area (Å²) in [7, 11) is -4.04. The van der Waals surface area contributed by atoms with Crippen molar-refractivity contribution in [3.05, 3.63) is 47.5 Å². The minimum Gasteiger partial charge on any atom is -0.544 e. The minimum absolute atomic E-state index is 0.00592. The Morgan fingerprint density at radius 3 is 1.85 bits per heavy atom. The van der Waals surface area contributed by atoms with Gasteiger partial charge in [-0.15, -0.1) is 0 Å². The number of ketones is 1. The molecule has 0 unspecified atom stereocenters. The van der Waals surface area contributed by atoms with E-state index in [-0.39, 0.29) is 33.6 Å². The summed E-state index contributed by atoms with van der Waals surface area (Å²) in [5.74, 6) is 1.52. The number of benzene rings is 2. The maximum absolute atomic E-state index is 12.9. The van der Waals surface area contributed by atoms with E-state index >= 15 is 0 Å². The highest BCUT2D eigenvalue weighted by Gasteiger charge is 2.40. The molecule has 2 aromatic carbocycles. The van der Waals surface area contributed by atoms with Crippen LogP contribution in [0, 0.1) is 0 Å². The van der Waals surface area contributed by atoms with Crippen LogP contribution in [-0.4, -0.2) is 27.5 Å². The summed E-state index contributed by atoms with van der Waals surface area (Å²) in [5.41, 5.74) is 1.13. The normalized spacial score (nSPS) is 17.1. The second-order valence-electron chi connectivity index (χ2n) is 12.3. The molecule has 0 radical (unpaired) electrons. The van der Waals surface area contributed by atoms with Gasteiger partial charge in [0.25, 0.3) is 0 Å². The van der Waals surface area contributed by atoms with Crippen LogP contribution in [0.2, 0.25) is 36.3 Å². The lowest BCUT2D eigenvalue weighted by molar-refractivity contribution is 0.0845. The van der Waals surface area contributed by atoms with Crippen molar-refractivity contribution < 1.29 is 23.5 Å². The third-order valence-corrected chi connectivity index (χ3v) is 16.3. The highest BCUT2D eigenvalue weighted by Crippen LogP contribution is 2.45. The van der Waals surface area contributed by atoms with E-state index in [2.05, 4.69) is 67.7 Å². The Hall–Kier alpha value is -2.26. The molecule has 34 heavy (non-hydrogen) atoms. The Kier molecular flexibility index (Phi) is 6.78. The van der Waals surface area contributed by atoms with Gasteiger partial charge >= 0.3 is 0 Å². The van der Waals surface area contributed by atoms with Crippen molar-refractivity contribution in [2.24, 2.45) is 0 Å². The molecule has 0 fully saturated rings. The Morgan fingerprint density at radius 1 is 0.853 bits per heavy atom. The second kappa shape index (κ2) is 8.75. The number of hydrogen-bond acceptors (Lipinski definition) is 5. The van der Waals surface area contributed by atoms with Gasteiger partial charge in [-0.05, 0) is 54.0 Å². The van der Waals surface area contributed by atoms with Gasteiger partial charge in [-0.25, -0.2) is 0 Å². The van der Waals surface area contributed by atoms with E-state index in [9.17, 15) is 9.90 Å². The molecule has 1 aliphatic heterocycles. The van der Waals surface area contributed by atoms with Crippen LogP contribution >= 0.6 is 0 Å². The number of phenolic OH excluding ortho intramolecular Hbond substituents is 1. The molecule has 0 aromatic heterocycles.